The summed E-state index contributed by atoms with van der Waals surface area (Å²) in [5.74, 6) is 0.392. The molecule has 1 atom stereocenters. The number of carbonyl (C=O) groups is 1. The van der Waals surface area contributed by atoms with Crippen LogP contribution in [0.1, 0.15) is 53.7 Å². The Morgan fingerprint density at radius 1 is 0.971 bits per heavy atom. The fourth-order valence-electron chi connectivity index (χ4n) is 4.57. The lowest BCUT2D eigenvalue weighted by Gasteiger charge is -2.23. The zero-order valence-electron chi connectivity index (χ0n) is 19.5. The van der Waals surface area contributed by atoms with Crippen LogP contribution in [0.4, 0.5) is 5.82 Å². The first kappa shape index (κ1) is 22.0. The van der Waals surface area contributed by atoms with Gasteiger partial charge in [-0.1, -0.05) is 67.6 Å². The number of hydrogen-bond donors (Lipinski definition) is 2. The number of carbonyl (C=O) groups excluding carboxylic acids is 1. The molecular formula is C29H29N3O2. The summed E-state index contributed by atoms with van der Waals surface area (Å²) in [5.41, 5.74) is 3.11. The quantitative estimate of drug-likeness (QED) is 0.376. The minimum atomic E-state index is -0.178. The first-order valence-electron chi connectivity index (χ1n) is 11.9. The van der Waals surface area contributed by atoms with Gasteiger partial charge in [0.05, 0.1) is 17.3 Å². The van der Waals surface area contributed by atoms with E-state index in [1.54, 1.807) is 4.57 Å². The van der Waals surface area contributed by atoms with Gasteiger partial charge in [0, 0.05) is 16.8 Å². The van der Waals surface area contributed by atoms with Crippen molar-refractivity contribution < 1.29 is 4.79 Å². The second-order valence-electron chi connectivity index (χ2n) is 8.96. The van der Waals surface area contributed by atoms with Crippen LogP contribution in [0.5, 0.6) is 0 Å². The molecule has 0 spiro atoms. The van der Waals surface area contributed by atoms with Crippen molar-refractivity contribution in [1.29, 1.82) is 0 Å². The van der Waals surface area contributed by atoms with Crippen molar-refractivity contribution in [3.63, 3.8) is 0 Å². The van der Waals surface area contributed by atoms with Gasteiger partial charge >= 0.3 is 0 Å². The molecule has 1 aliphatic rings. The first-order valence-corrected chi connectivity index (χ1v) is 11.9. The summed E-state index contributed by atoms with van der Waals surface area (Å²) in [7, 11) is 0. The minimum absolute atomic E-state index is 0.125. The zero-order chi connectivity index (χ0) is 23.7. The van der Waals surface area contributed by atoms with Crippen molar-refractivity contribution in [2.45, 2.75) is 45.2 Å². The Kier molecular flexibility index (Phi) is 5.93. The van der Waals surface area contributed by atoms with Crippen molar-refractivity contribution in [2.24, 2.45) is 0 Å². The van der Waals surface area contributed by atoms with Crippen LogP contribution in [0.15, 0.2) is 83.7 Å². The molecule has 0 saturated heterocycles. The predicted octanol–water partition coefficient (Wildman–Crippen LogP) is 5.75. The molecule has 5 heteroatoms. The number of aromatic nitrogens is 1. The Bertz CT molecular complexity index is 1390. The fourth-order valence-corrected chi connectivity index (χ4v) is 4.57. The predicted molar refractivity (Wildman–Crippen MR) is 138 cm³/mol. The highest BCUT2D eigenvalue weighted by molar-refractivity contribution is 6.12. The molecule has 4 aromatic rings. The average molecular weight is 452 g/mol. The Balaban J connectivity index is 1.74. The van der Waals surface area contributed by atoms with Gasteiger partial charge in [0.25, 0.3) is 11.5 Å². The molecule has 1 amide bonds. The van der Waals surface area contributed by atoms with Gasteiger partial charge in [-0.25, -0.2) is 0 Å². The zero-order valence-corrected chi connectivity index (χ0v) is 19.5. The Morgan fingerprint density at radius 3 is 2.29 bits per heavy atom. The second kappa shape index (κ2) is 9.18. The van der Waals surface area contributed by atoms with Gasteiger partial charge in [-0.15, -0.1) is 0 Å². The number of fused-ring (bicyclic) bond motifs is 1. The van der Waals surface area contributed by atoms with Crippen molar-refractivity contribution >= 4 is 22.5 Å². The number of aryl methyl sites for hydroxylation is 1. The third-order valence-electron chi connectivity index (χ3n) is 6.49. The molecule has 0 radical (unpaired) electrons. The largest absolute Gasteiger partial charge is 0.368 e. The number of nitrogens with zero attached hydrogens (tertiary/aromatic N) is 1. The SMILES string of the molecule is CC[C@H](NC(=O)c1c(NC2CC2)n(-c2ccccc2)c(=O)c2cccc(C)c12)c1ccccc1. The van der Waals surface area contributed by atoms with Gasteiger partial charge in [0.15, 0.2) is 0 Å². The lowest BCUT2D eigenvalue weighted by atomic mass is 9.98. The minimum Gasteiger partial charge on any atom is -0.368 e. The van der Waals surface area contributed by atoms with Crippen molar-refractivity contribution in [1.82, 2.24) is 9.88 Å². The van der Waals surface area contributed by atoms with E-state index in [1.807, 2.05) is 85.8 Å². The van der Waals surface area contributed by atoms with Crippen LogP contribution < -0.4 is 16.2 Å². The summed E-state index contributed by atoms with van der Waals surface area (Å²) in [6, 6.07) is 25.4. The van der Waals surface area contributed by atoms with Crippen LogP contribution in [-0.4, -0.2) is 16.5 Å². The number of nitrogens with one attached hydrogen (secondary N) is 2. The molecule has 2 N–H and O–H groups in total. The maximum Gasteiger partial charge on any atom is 0.264 e. The van der Waals surface area contributed by atoms with Crippen LogP contribution in [0.3, 0.4) is 0 Å². The number of amides is 1. The summed E-state index contributed by atoms with van der Waals surface area (Å²) in [6.45, 7) is 4.02. The Morgan fingerprint density at radius 2 is 1.65 bits per heavy atom. The van der Waals surface area contributed by atoms with Crippen LogP contribution in [0, 0.1) is 6.92 Å². The fraction of sp³-hybridized carbons (Fsp3) is 0.241. The highest BCUT2D eigenvalue weighted by Crippen LogP contribution is 2.33. The van der Waals surface area contributed by atoms with E-state index in [1.165, 1.54) is 0 Å². The Labute approximate surface area is 199 Å². The maximum atomic E-state index is 14.0. The average Bonchev–Trinajstić information content (AvgIpc) is 3.68. The van der Waals surface area contributed by atoms with Gasteiger partial charge < -0.3 is 10.6 Å². The highest BCUT2D eigenvalue weighted by Gasteiger charge is 2.30. The molecule has 5 nitrogen and oxygen atoms in total. The van der Waals surface area contributed by atoms with Crippen LogP contribution in [0.2, 0.25) is 0 Å². The molecule has 3 aromatic carbocycles. The third kappa shape index (κ3) is 4.10. The number of hydrogen-bond acceptors (Lipinski definition) is 3. The third-order valence-corrected chi connectivity index (χ3v) is 6.49. The molecule has 1 saturated carbocycles. The van der Waals surface area contributed by atoms with Crippen LogP contribution in [-0.2, 0) is 0 Å². The van der Waals surface area contributed by atoms with Crippen molar-refractivity contribution in [3.8, 4) is 5.69 Å². The number of rotatable bonds is 7. The standard InChI is InChI=1S/C29H29N3O2/c1-3-24(20-12-6-4-7-13-20)31-28(33)26-25-19(2)11-10-16-23(25)29(34)32(22-14-8-5-9-15-22)27(26)30-21-17-18-21/h4-16,21,24,30H,3,17-18H2,1-2H3,(H,31,33)/t24-/m0/s1. The van der Waals surface area contributed by atoms with E-state index in [4.69, 9.17) is 0 Å². The van der Waals surface area contributed by atoms with Crippen molar-refractivity contribution in [2.75, 3.05) is 5.32 Å². The number of benzene rings is 3. The normalized spacial score (nSPS) is 14.1. The molecule has 0 aliphatic heterocycles. The number of para-hydroxylation sites is 1. The van der Waals surface area contributed by atoms with Gasteiger partial charge in [-0.3, -0.25) is 14.2 Å². The van der Waals surface area contributed by atoms with Crippen molar-refractivity contribution in [3.05, 3.63) is 106 Å². The van der Waals surface area contributed by atoms with E-state index in [9.17, 15) is 9.59 Å². The molecule has 34 heavy (non-hydrogen) atoms. The number of anilines is 1. The van der Waals surface area contributed by atoms with Gasteiger partial charge in [-0.2, -0.15) is 0 Å². The molecule has 5 rings (SSSR count). The molecule has 1 heterocycles. The summed E-state index contributed by atoms with van der Waals surface area (Å²) < 4.78 is 1.67. The smallest absolute Gasteiger partial charge is 0.264 e. The van der Waals surface area contributed by atoms with Gasteiger partial charge in [0.1, 0.15) is 5.82 Å². The molecule has 0 bridgehead atoms. The molecule has 172 valence electrons. The lowest BCUT2D eigenvalue weighted by Crippen LogP contribution is -2.33. The van der Waals surface area contributed by atoms with E-state index in [0.717, 1.165) is 36.1 Å². The summed E-state index contributed by atoms with van der Waals surface area (Å²) in [6.07, 6.45) is 2.81. The van der Waals surface area contributed by atoms with E-state index < -0.39 is 0 Å². The molecule has 1 aromatic heterocycles. The Hall–Kier alpha value is -3.86. The highest BCUT2D eigenvalue weighted by atomic mass is 16.2. The van der Waals surface area contributed by atoms with E-state index >= 15 is 0 Å². The number of pyridine rings is 1. The summed E-state index contributed by atoms with van der Waals surface area (Å²) >= 11 is 0. The van der Waals surface area contributed by atoms with Gasteiger partial charge in [-0.05, 0) is 55.5 Å². The van der Waals surface area contributed by atoms with E-state index in [2.05, 4.69) is 17.6 Å². The second-order valence-corrected chi connectivity index (χ2v) is 8.96. The monoisotopic (exact) mass is 451 g/mol. The van der Waals surface area contributed by atoms with Crippen LogP contribution in [0.25, 0.3) is 16.5 Å². The molecule has 1 aliphatic carbocycles. The summed E-state index contributed by atoms with van der Waals surface area (Å²) in [5, 5.41) is 8.04. The van der Waals surface area contributed by atoms with E-state index in [-0.39, 0.29) is 23.6 Å². The lowest BCUT2D eigenvalue weighted by molar-refractivity contribution is 0.0937. The maximum absolute atomic E-state index is 14.0. The molecule has 1 fully saturated rings. The summed E-state index contributed by atoms with van der Waals surface area (Å²) in [4.78, 5) is 27.8. The molecular weight excluding hydrogens is 422 g/mol. The molecule has 0 unspecified atom stereocenters. The topological polar surface area (TPSA) is 63.1 Å². The first-order chi connectivity index (χ1) is 16.6. The van der Waals surface area contributed by atoms with Crippen LogP contribution >= 0.6 is 0 Å². The van der Waals surface area contributed by atoms with Gasteiger partial charge in [0.2, 0.25) is 0 Å². The van der Waals surface area contributed by atoms with E-state index in [0.29, 0.717) is 22.2 Å².